The lowest BCUT2D eigenvalue weighted by Gasteiger charge is -2.23. The third-order valence-electron chi connectivity index (χ3n) is 13.2. The van der Waals surface area contributed by atoms with E-state index in [2.05, 4.69) is 220 Å². The Morgan fingerprint density at radius 3 is 1.34 bits per heavy atom. The molecule has 0 saturated heterocycles. The van der Waals surface area contributed by atoms with Crippen LogP contribution in [0.2, 0.25) is 0 Å². The lowest BCUT2D eigenvalue weighted by molar-refractivity contribution is 0.661. The van der Waals surface area contributed by atoms with Crippen molar-refractivity contribution in [3.63, 3.8) is 0 Å². The summed E-state index contributed by atoms with van der Waals surface area (Å²) in [5.74, 6) is 0. The SMILES string of the molecule is CC1(C)c2cc(-c3ccc4ccc5ccccc5c4c3)ccc2-c2ccc(-c3c4ccccc4c(-c4cccc(-c5cccc6ccccc56)c4)c4ccccc34)cc21. The smallest absolute Gasteiger partial charge is 0.0159 e. The lowest BCUT2D eigenvalue weighted by Crippen LogP contribution is -2.15. The van der Waals surface area contributed by atoms with E-state index in [9.17, 15) is 0 Å². The van der Waals surface area contributed by atoms with Crippen molar-refractivity contribution in [2.75, 3.05) is 0 Å². The zero-order chi connectivity index (χ0) is 39.2. The average Bonchev–Trinajstić information content (AvgIpc) is 3.52. The highest BCUT2D eigenvalue weighted by Gasteiger charge is 2.36. The molecular formula is C59H40. The van der Waals surface area contributed by atoms with Crippen molar-refractivity contribution in [3.8, 4) is 55.6 Å². The minimum atomic E-state index is -0.173. The van der Waals surface area contributed by atoms with Gasteiger partial charge in [0.25, 0.3) is 0 Å². The third kappa shape index (κ3) is 5.16. The zero-order valence-electron chi connectivity index (χ0n) is 33.1. The van der Waals surface area contributed by atoms with Crippen LogP contribution < -0.4 is 0 Å². The number of rotatable bonds is 4. The van der Waals surface area contributed by atoms with Crippen LogP contribution in [0, 0.1) is 0 Å². The molecule has 0 fully saturated rings. The first kappa shape index (κ1) is 33.8. The molecule has 0 bridgehead atoms. The van der Waals surface area contributed by atoms with Crippen LogP contribution in [-0.2, 0) is 5.41 Å². The van der Waals surface area contributed by atoms with E-state index in [0.29, 0.717) is 0 Å². The predicted octanol–water partition coefficient (Wildman–Crippen LogP) is 16.4. The highest BCUT2D eigenvalue weighted by Crippen LogP contribution is 2.52. The summed E-state index contributed by atoms with van der Waals surface area (Å²) < 4.78 is 0. The van der Waals surface area contributed by atoms with Crippen molar-refractivity contribution in [3.05, 3.63) is 217 Å². The van der Waals surface area contributed by atoms with Crippen LogP contribution in [-0.4, -0.2) is 0 Å². The Balaban J connectivity index is 0.992. The molecule has 11 aromatic carbocycles. The largest absolute Gasteiger partial charge is 0.0616 e. The first-order chi connectivity index (χ1) is 29.0. The molecule has 0 atom stereocenters. The minimum absolute atomic E-state index is 0.173. The first-order valence-electron chi connectivity index (χ1n) is 20.7. The second-order valence-corrected chi connectivity index (χ2v) is 16.8. The average molecular weight is 749 g/mol. The van der Waals surface area contributed by atoms with E-state index in [-0.39, 0.29) is 5.41 Å². The van der Waals surface area contributed by atoms with E-state index in [0.717, 1.165) is 0 Å². The van der Waals surface area contributed by atoms with E-state index in [1.807, 2.05) is 0 Å². The van der Waals surface area contributed by atoms with Gasteiger partial charge in [0.2, 0.25) is 0 Å². The van der Waals surface area contributed by atoms with Gasteiger partial charge in [-0.25, -0.2) is 0 Å². The molecule has 0 amide bonds. The summed E-state index contributed by atoms with van der Waals surface area (Å²) in [5, 5.41) is 12.8. The maximum absolute atomic E-state index is 2.49. The number of fused-ring (bicyclic) bond motifs is 9. The second-order valence-electron chi connectivity index (χ2n) is 16.8. The van der Waals surface area contributed by atoms with Gasteiger partial charge in [-0.15, -0.1) is 0 Å². The van der Waals surface area contributed by atoms with E-state index in [4.69, 9.17) is 0 Å². The van der Waals surface area contributed by atoms with E-state index < -0.39 is 0 Å². The first-order valence-corrected chi connectivity index (χ1v) is 20.7. The fraction of sp³-hybridized carbons (Fsp3) is 0.0508. The Morgan fingerprint density at radius 1 is 0.254 bits per heavy atom. The van der Waals surface area contributed by atoms with Gasteiger partial charge in [-0.1, -0.05) is 196 Å². The van der Waals surface area contributed by atoms with Gasteiger partial charge in [-0.05, 0) is 145 Å². The molecule has 0 heteroatoms. The highest BCUT2D eigenvalue weighted by atomic mass is 14.4. The normalized spacial score (nSPS) is 13.1. The van der Waals surface area contributed by atoms with Crippen molar-refractivity contribution in [2.45, 2.75) is 19.3 Å². The maximum atomic E-state index is 2.49. The Kier molecular flexibility index (Phi) is 7.38. The van der Waals surface area contributed by atoms with Crippen molar-refractivity contribution in [1.82, 2.24) is 0 Å². The van der Waals surface area contributed by atoms with Gasteiger partial charge in [0.1, 0.15) is 0 Å². The zero-order valence-corrected chi connectivity index (χ0v) is 33.1. The Morgan fingerprint density at radius 2 is 0.678 bits per heavy atom. The summed E-state index contributed by atoms with van der Waals surface area (Å²) in [7, 11) is 0. The van der Waals surface area contributed by atoms with Gasteiger partial charge in [-0.2, -0.15) is 0 Å². The molecule has 59 heavy (non-hydrogen) atoms. The highest BCUT2D eigenvalue weighted by molar-refractivity contribution is 6.21. The van der Waals surface area contributed by atoms with Crippen LogP contribution in [0.4, 0.5) is 0 Å². The summed E-state index contributed by atoms with van der Waals surface area (Å²) in [6, 6.07) is 77.0. The van der Waals surface area contributed by atoms with Gasteiger partial charge in [-0.3, -0.25) is 0 Å². The van der Waals surface area contributed by atoms with Crippen LogP contribution in [0.3, 0.4) is 0 Å². The molecule has 0 radical (unpaired) electrons. The van der Waals surface area contributed by atoms with Crippen molar-refractivity contribution in [2.24, 2.45) is 0 Å². The standard InChI is InChI=1S/C59H40/c1-59(2)55-35-41(40-28-27-39-26-25-38-14-4-6-19-46(38)54(39)34-40)29-31-48(55)49-32-30-44(36-56(49)59)58-52-22-9-7-20-50(52)57(51-21-8-10-23-53(51)58)43-17-11-16-42(33-43)47-24-12-15-37-13-3-5-18-45(37)47/h3-36H,1-2H3. The van der Waals surface area contributed by atoms with Crippen LogP contribution in [0.1, 0.15) is 25.0 Å². The van der Waals surface area contributed by atoms with Crippen LogP contribution in [0.25, 0.3) is 109 Å². The molecular weight excluding hydrogens is 709 g/mol. The van der Waals surface area contributed by atoms with E-state index in [1.165, 1.54) is 121 Å². The Hall–Kier alpha value is -7.28. The van der Waals surface area contributed by atoms with Crippen molar-refractivity contribution in [1.29, 1.82) is 0 Å². The minimum Gasteiger partial charge on any atom is -0.0616 e. The summed E-state index contributed by atoms with van der Waals surface area (Å²) >= 11 is 0. The number of benzene rings is 11. The quantitative estimate of drug-likeness (QED) is 0.124. The summed E-state index contributed by atoms with van der Waals surface area (Å²) in [6.45, 7) is 4.81. The van der Waals surface area contributed by atoms with Gasteiger partial charge in [0.05, 0.1) is 0 Å². The van der Waals surface area contributed by atoms with Crippen LogP contribution in [0.15, 0.2) is 206 Å². The molecule has 0 unspecified atom stereocenters. The molecule has 1 aliphatic carbocycles. The molecule has 11 aromatic rings. The predicted molar refractivity (Wildman–Crippen MR) is 253 cm³/mol. The van der Waals surface area contributed by atoms with E-state index in [1.54, 1.807) is 0 Å². The van der Waals surface area contributed by atoms with Gasteiger partial charge < -0.3 is 0 Å². The molecule has 0 nitrogen and oxygen atoms in total. The monoisotopic (exact) mass is 748 g/mol. The van der Waals surface area contributed by atoms with E-state index >= 15 is 0 Å². The second kappa shape index (κ2) is 12.9. The summed E-state index contributed by atoms with van der Waals surface area (Å²) in [5.41, 5.74) is 15.3. The molecule has 0 aromatic heterocycles. The molecule has 276 valence electrons. The molecule has 0 heterocycles. The van der Waals surface area contributed by atoms with Gasteiger partial charge in [0.15, 0.2) is 0 Å². The fourth-order valence-electron chi connectivity index (χ4n) is 10.3. The summed E-state index contributed by atoms with van der Waals surface area (Å²) in [6.07, 6.45) is 0. The molecule has 0 spiro atoms. The summed E-state index contributed by atoms with van der Waals surface area (Å²) in [4.78, 5) is 0. The maximum Gasteiger partial charge on any atom is 0.0159 e. The number of hydrogen-bond acceptors (Lipinski definition) is 0. The Bertz CT molecular complexity index is 3460. The van der Waals surface area contributed by atoms with Crippen LogP contribution in [0.5, 0.6) is 0 Å². The van der Waals surface area contributed by atoms with Gasteiger partial charge in [0, 0.05) is 5.41 Å². The van der Waals surface area contributed by atoms with Gasteiger partial charge >= 0.3 is 0 Å². The Labute approximate surface area is 344 Å². The van der Waals surface area contributed by atoms with Crippen molar-refractivity contribution < 1.29 is 0 Å². The topological polar surface area (TPSA) is 0 Å². The fourth-order valence-corrected chi connectivity index (χ4v) is 10.3. The molecule has 12 rings (SSSR count). The number of hydrogen-bond donors (Lipinski definition) is 0. The molecule has 0 N–H and O–H groups in total. The lowest BCUT2D eigenvalue weighted by atomic mass is 9.80. The molecule has 0 aliphatic heterocycles. The molecule has 1 aliphatic rings. The third-order valence-corrected chi connectivity index (χ3v) is 13.2. The molecule has 0 saturated carbocycles. The van der Waals surface area contributed by atoms with Crippen LogP contribution >= 0.6 is 0 Å². The van der Waals surface area contributed by atoms with Crippen molar-refractivity contribution >= 4 is 53.9 Å².